The van der Waals surface area contributed by atoms with Crippen LogP contribution in [0.25, 0.3) is 0 Å². The predicted molar refractivity (Wildman–Crippen MR) is 68.5 cm³/mol. The van der Waals surface area contributed by atoms with Gasteiger partial charge in [0.15, 0.2) is 0 Å². The average molecular weight is 235 g/mol. The third kappa shape index (κ3) is 5.45. The first-order valence-electron chi connectivity index (χ1n) is 6.07. The molecule has 0 aromatic carbocycles. The van der Waals surface area contributed by atoms with Gasteiger partial charge in [-0.2, -0.15) is 0 Å². The van der Waals surface area contributed by atoms with Gasteiger partial charge in [-0.3, -0.25) is 9.78 Å². The summed E-state index contributed by atoms with van der Waals surface area (Å²) < 4.78 is 0. The molecule has 4 nitrogen and oxygen atoms in total. The number of nitrogens with two attached hydrogens (primary N) is 1. The highest BCUT2D eigenvalue weighted by Gasteiger charge is 2.07. The third-order valence-electron chi connectivity index (χ3n) is 2.76. The van der Waals surface area contributed by atoms with Gasteiger partial charge in [0.2, 0.25) is 5.91 Å². The molecule has 0 unspecified atom stereocenters. The average Bonchev–Trinajstić information content (AvgIpc) is 2.37. The van der Waals surface area contributed by atoms with E-state index in [2.05, 4.69) is 4.98 Å². The van der Waals surface area contributed by atoms with Crippen molar-refractivity contribution in [1.82, 2.24) is 9.88 Å². The molecule has 0 spiro atoms. The van der Waals surface area contributed by atoms with Crippen LogP contribution in [0.1, 0.15) is 24.8 Å². The van der Waals surface area contributed by atoms with Gasteiger partial charge < -0.3 is 10.6 Å². The highest BCUT2D eigenvalue weighted by molar-refractivity contribution is 5.75. The summed E-state index contributed by atoms with van der Waals surface area (Å²) >= 11 is 0. The first-order chi connectivity index (χ1) is 8.24. The Kier molecular flexibility index (Phi) is 6.25. The Hall–Kier alpha value is -1.42. The van der Waals surface area contributed by atoms with Gasteiger partial charge >= 0.3 is 0 Å². The second-order valence-electron chi connectivity index (χ2n) is 4.17. The summed E-state index contributed by atoms with van der Waals surface area (Å²) in [6.07, 6.45) is 6.83. The molecule has 2 N–H and O–H groups in total. The molecule has 0 aliphatic rings. The van der Waals surface area contributed by atoms with Gasteiger partial charge in [0.25, 0.3) is 0 Å². The van der Waals surface area contributed by atoms with Crippen molar-refractivity contribution in [2.75, 3.05) is 20.1 Å². The molecular weight excluding hydrogens is 214 g/mol. The normalized spacial score (nSPS) is 10.2. The van der Waals surface area contributed by atoms with Gasteiger partial charge in [0.05, 0.1) is 0 Å². The molecule has 1 amide bonds. The van der Waals surface area contributed by atoms with Crippen LogP contribution in [0, 0.1) is 0 Å². The fourth-order valence-corrected chi connectivity index (χ4v) is 1.58. The highest BCUT2D eigenvalue weighted by atomic mass is 16.2. The van der Waals surface area contributed by atoms with Crippen molar-refractivity contribution in [1.29, 1.82) is 0 Å². The van der Waals surface area contributed by atoms with E-state index in [1.165, 1.54) is 5.56 Å². The molecule has 17 heavy (non-hydrogen) atoms. The summed E-state index contributed by atoms with van der Waals surface area (Å²) in [6.45, 7) is 1.42. The summed E-state index contributed by atoms with van der Waals surface area (Å²) in [5, 5.41) is 0. The van der Waals surface area contributed by atoms with Crippen LogP contribution in [0.15, 0.2) is 24.5 Å². The number of pyridine rings is 1. The van der Waals surface area contributed by atoms with E-state index >= 15 is 0 Å². The van der Waals surface area contributed by atoms with Crippen LogP contribution in [0.2, 0.25) is 0 Å². The van der Waals surface area contributed by atoms with Gasteiger partial charge in [0, 0.05) is 32.4 Å². The maximum atomic E-state index is 11.7. The van der Waals surface area contributed by atoms with Crippen molar-refractivity contribution in [2.24, 2.45) is 5.73 Å². The minimum Gasteiger partial charge on any atom is -0.345 e. The van der Waals surface area contributed by atoms with Crippen LogP contribution >= 0.6 is 0 Å². The fourth-order valence-electron chi connectivity index (χ4n) is 1.58. The Balaban J connectivity index is 2.24. The number of aromatic nitrogens is 1. The lowest BCUT2D eigenvalue weighted by Crippen LogP contribution is -2.28. The number of likely N-dealkylation sites (N-methyl/N-ethyl adjacent to an activating group) is 1. The minimum atomic E-state index is 0.201. The van der Waals surface area contributed by atoms with E-state index in [0.717, 1.165) is 25.8 Å². The van der Waals surface area contributed by atoms with Gasteiger partial charge in [-0.05, 0) is 43.5 Å². The molecule has 94 valence electrons. The standard InChI is InChI=1S/C13H21N3O/c1-16(13(17)4-2-3-8-14)11-7-12-5-9-15-10-6-12/h5-6,9-10H,2-4,7-8,11,14H2,1H3. The van der Waals surface area contributed by atoms with Crippen molar-refractivity contribution in [3.63, 3.8) is 0 Å². The fraction of sp³-hybridized carbons (Fsp3) is 0.538. The number of nitrogens with zero attached hydrogens (tertiary/aromatic N) is 2. The molecule has 0 aliphatic carbocycles. The second-order valence-corrected chi connectivity index (χ2v) is 4.17. The third-order valence-corrected chi connectivity index (χ3v) is 2.76. The maximum absolute atomic E-state index is 11.7. The number of rotatable bonds is 7. The van der Waals surface area contributed by atoms with Gasteiger partial charge in [-0.1, -0.05) is 0 Å². The molecule has 0 radical (unpaired) electrons. The lowest BCUT2D eigenvalue weighted by Gasteiger charge is -2.17. The summed E-state index contributed by atoms with van der Waals surface area (Å²) in [5.74, 6) is 0.201. The van der Waals surface area contributed by atoms with Crippen molar-refractivity contribution in [3.05, 3.63) is 30.1 Å². The largest absolute Gasteiger partial charge is 0.345 e. The van der Waals surface area contributed by atoms with E-state index in [4.69, 9.17) is 5.73 Å². The highest BCUT2D eigenvalue weighted by Crippen LogP contribution is 2.02. The first kappa shape index (κ1) is 13.6. The van der Waals surface area contributed by atoms with Crippen LogP contribution in [0.4, 0.5) is 0 Å². The van der Waals surface area contributed by atoms with E-state index in [9.17, 15) is 4.79 Å². The number of hydrogen-bond acceptors (Lipinski definition) is 3. The Bertz CT molecular complexity index is 327. The molecule has 0 saturated carbocycles. The molecular formula is C13H21N3O. The predicted octanol–water partition coefficient (Wildman–Crippen LogP) is 1.21. The van der Waals surface area contributed by atoms with Crippen LogP contribution in [-0.4, -0.2) is 35.9 Å². The molecule has 1 aromatic heterocycles. The SMILES string of the molecule is CN(CCc1ccncc1)C(=O)CCCCN. The smallest absolute Gasteiger partial charge is 0.222 e. The van der Waals surface area contributed by atoms with Crippen molar-refractivity contribution in [2.45, 2.75) is 25.7 Å². The van der Waals surface area contributed by atoms with Gasteiger partial charge in [0.1, 0.15) is 0 Å². The van der Waals surface area contributed by atoms with Crippen molar-refractivity contribution in [3.8, 4) is 0 Å². The second kappa shape index (κ2) is 7.79. The van der Waals surface area contributed by atoms with E-state index in [-0.39, 0.29) is 5.91 Å². The Labute approximate surface area is 103 Å². The van der Waals surface area contributed by atoms with E-state index in [1.807, 2.05) is 19.2 Å². The quantitative estimate of drug-likeness (QED) is 0.723. The first-order valence-corrected chi connectivity index (χ1v) is 6.07. The summed E-state index contributed by atoms with van der Waals surface area (Å²) in [6, 6.07) is 3.96. The van der Waals surface area contributed by atoms with Crippen molar-refractivity contribution >= 4 is 5.91 Å². The number of carbonyl (C=O) groups is 1. The zero-order valence-electron chi connectivity index (χ0n) is 10.4. The molecule has 0 atom stereocenters. The van der Waals surface area contributed by atoms with Crippen LogP contribution in [-0.2, 0) is 11.2 Å². The van der Waals surface area contributed by atoms with E-state index in [0.29, 0.717) is 13.0 Å². The molecule has 4 heteroatoms. The van der Waals surface area contributed by atoms with Gasteiger partial charge in [-0.25, -0.2) is 0 Å². The van der Waals surface area contributed by atoms with Crippen LogP contribution in [0.5, 0.6) is 0 Å². The Morgan fingerprint density at radius 2 is 2.06 bits per heavy atom. The molecule has 0 fully saturated rings. The number of unbranched alkanes of at least 4 members (excludes halogenated alkanes) is 1. The lowest BCUT2D eigenvalue weighted by molar-refractivity contribution is -0.129. The molecule has 1 rings (SSSR count). The summed E-state index contributed by atoms with van der Waals surface area (Å²) in [4.78, 5) is 17.5. The monoisotopic (exact) mass is 235 g/mol. The Morgan fingerprint density at radius 1 is 1.35 bits per heavy atom. The zero-order valence-corrected chi connectivity index (χ0v) is 10.4. The van der Waals surface area contributed by atoms with Crippen LogP contribution in [0.3, 0.4) is 0 Å². The Morgan fingerprint density at radius 3 is 2.71 bits per heavy atom. The van der Waals surface area contributed by atoms with Gasteiger partial charge in [-0.15, -0.1) is 0 Å². The van der Waals surface area contributed by atoms with E-state index < -0.39 is 0 Å². The lowest BCUT2D eigenvalue weighted by atomic mass is 10.2. The number of amides is 1. The maximum Gasteiger partial charge on any atom is 0.222 e. The summed E-state index contributed by atoms with van der Waals surface area (Å²) in [7, 11) is 1.85. The molecule has 0 saturated heterocycles. The molecule has 1 aromatic rings. The number of hydrogen-bond donors (Lipinski definition) is 1. The number of carbonyl (C=O) groups excluding carboxylic acids is 1. The van der Waals surface area contributed by atoms with E-state index in [1.54, 1.807) is 17.3 Å². The molecule has 0 aliphatic heterocycles. The molecule has 1 heterocycles. The van der Waals surface area contributed by atoms with Crippen LogP contribution < -0.4 is 5.73 Å². The molecule has 0 bridgehead atoms. The summed E-state index contributed by atoms with van der Waals surface area (Å²) in [5.41, 5.74) is 6.60. The van der Waals surface area contributed by atoms with Crippen molar-refractivity contribution < 1.29 is 4.79 Å². The minimum absolute atomic E-state index is 0.201. The zero-order chi connectivity index (χ0) is 12.5. The topological polar surface area (TPSA) is 59.2 Å².